The Kier molecular flexibility index (Phi) is 7.67. The number of aryl methyl sites for hydroxylation is 1. The predicted molar refractivity (Wildman–Crippen MR) is 243 cm³/mol. The number of nitrogens with zero attached hydrogens (tertiary/aromatic N) is 2. The van der Waals surface area contributed by atoms with Gasteiger partial charge in [-0.25, -0.2) is 0 Å². The molecule has 0 saturated heterocycles. The molecule has 1 aromatic heterocycles. The van der Waals surface area contributed by atoms with Gasteiger partial charge >= 0.3 is 0 Å². The van der Waals surface area contributed by atoms with Crippen molar-refractivity contribution in [2.24, 2.45) is 0 Å². The van der Waals surface area contributed by atoms with Crippen molar-refractivity contribution in [2.75, 3.05) is 9.80 Å². The molecule has 6 heteroatoms. The Balaban J connectivity index is 1.45. The van der Waals surface area contributed by atoms with Crippen LogP contribution in [0.1, 0.15) is 31.9 Å². The minimum atomic E-state index is -1.64. The van der Waals surface area contributed by atoms with Crippen LogP contribution < -0.4 is 36.6 Å². The Bertz CT molecular complexity index is 2590. The second-order valence-electron chi connectivity index (χ2n) is 18.4. The Hall–Kier alpha value is -4.36. The molecule has 0 aliphatic carbocycles. The topological polar surface area (TPSA) is 6.48 Å². The van der Waals surface area contributed by atoms with Gasteiger partial charge in [-0.2, -0.15) is 0 Å². The molecular weight excluding hydrogens is 692 g/mol. The summed E-state index contributed by atoms with van der Waals surface area (Å²) in [6.07, 6.45) is 0. The molecule has 0 fully saturated rings. The van der Waals surface area contributed by atoms with E-state index < -0.39 is 16.1 Å². The summed E-state index contributed by atoms with van der Waals surface area (Å²) >= 11 is 1.91. The van der Waals surface area contributed by atoms with Gasteiger partial charge in [-0.1, -0.05) is 137 Å². The minimum Gasteiger partial charge on any atom is -0.311 e. The molecule has 53 heavy (non-hydrogen) atoms. The van der Waals surface area contributed by atoms with Crippen LogP contribution in [0.3, 0.4) is 0 Å². The molecular formula is C47H49BN2SSi2. The quantitative estimate of drug-likeness (QED) is 0.166. The molecule has 0 spiro atoms. The number of anilines is 6. The van der Waals surface area contributed by atoms with Crippen molar-refractivity contribution in [3.63, 3.8) is 0 Å². The van der Waals surface area contributed by atoms with E-state index in [1.165, 1.54) is 92.2 Å². The molecule has 0 saturated carbocycles. The summed E-state index contributed by atoms with van der Waals surface area (Å²) in [4.78, 5) is 5.22. The highest BCUT2D eigenvalue weighted by molar-refractivity contribution is 7.26. The van der Waals surface area contributed by atoms with Gasteiger partial charge in [0.2, 0.25) is 0 Å². The molecule has 0 N–H and O–H groups in total. The highest BCUT2D eigenvalue weighted by Gasteiger charge is 2.45. The first kappa shape index (κ1) is 34.4. The van der Waals surface area contributed by atoms with Crippen LogP contribution in [0.2, 0.25) is 39.3 Å². The normalized spacial score (nSPS) is 14.1. The van der Waals surface area contributed by atoms with Crippen LogP contribution in [0.5, 0.6) is 0 Å². The van der Waals surface area contributed by atoms with Gasteiger partial charge in [-0.15, -0.1) is 11.3 Å². The van der Waals surface area contributed by atoms with Gasteiger partial charge in [0.25, 0.3) is 6.71 Å². The standard InChI is InChI=1S/C47H49BN2SSi2/c1-30-15-17-33(18-16-30)50-41-28-31(47(2,3)4)27-40-45(41)48(37-24-26-43-44(46(37)50)36-13-11-12-14-42(36)51-43)38-29-35(53(8,9)10)23-25-39(38)49(40)32-19-21-34(22-20-32)52(5,6)7/h11-29H,1-10H3. The molecule has 6 aromatic carbocycles. The molecule has 0 atom stereocenters. The minimum absolute atomic E-state index is 0.0589. The van der Waals surface area contributed by atoms with Crippen molar-refractivity contribution in [3.05, 3.63) is 126 Å². The lowest BCUT2D eigenvalue weighted by atomic mass is 9.33. The monoisotopic (exact) mass is 740 g/mol. The third-order valence-corrected chi connectivity index (χ3v) is 16.8. The van der Waals surface area contributed by atoms with Crippen molar-refractivity contribution >= 4 is 115 Å². The van der Waals surface area contributed by atoms with E-state index in [9.17, 15) is 0 Å². The SMILES string of the molecule is Cc1ccc(N2c3cc(C(C)(C)C)cc4c3B(c3cc([Si](C)(C)C)ccc3N4c3ccc([Si](C)(C)C)cc3)c3ccc4sc5ccccc5c4c32)cc1. The highest BCUT2D eigenvalue weighted by atomic mass is 32.1. The average molecular weight is 741 g/mol. The number of hydrogen-bond acceptors (Lipinski definition) is 3. The maximum atomic E-state index is 2.63. The Morgan fingerprint density at radius 3 is 1.83 bits per heavy atom. The Labute approximate surface area is 322 Å². The average Bonchev–Trinajstić information content (AvgIpc) is 3.49. The van der Waals surface area contributed by atoms with E-state index in [4.69, 9.17) is 0 Å². The van der Waals surface area contributed by atoms with Crippen molar-refractivity contribution in [1.82, 2.24) is 0 Å². The molecule has 2 aliphatic heterocycles. The van der Waals surface area contributed by atoms with Crippen molar-refractivity contribution in [2.45, 2.75) is 72.4 Å². The number of hydrogen-bond donors (Lipinski definition) is 0. The molecule has 9 rings (SSSR count). The second kappa shape index (κ2) is 11.8. The van der Waals surface area contributed by atoms with Crippen LogP contribution in [0.15, 0.2) is 115 Å². The summed E-state index contributed by atoms with van der Waals surface area (Å²) in [5.41, 5.74) is 14.4. The summed E-state index contributed by atoms with van der Waals surface area (Å²) in [5, 5.41) is 5.70. The van der Waals surface area contributed by atoms with Gasteiger partial charge in [0.1, 0.15) is 0 Å². The van der Waals surface area contributed by atoms with Gasteiger partial charge in [0.05, 0.1) is 21.8 Å². The zero-order valence-electron chi connectivity index (χ0n) is 32.8. The lowest BCUT2D eigenvalue weighted by molar-refractivity contribution is 0.590. The van der Waals surface area contributed by atoms with E-state index >= 15 is 0 Å². The Morgan fingerprint density at radius 2 is 1.17 bits per heavy atom. The first-order chi connectivity index (χ1) is 25.1. The summed E-state index contributed by atoms with van der Waals surface area (Å²) in [6, 6.07) is 45.2. The molecule has 7 aromatic rings. The zero-order valence-corrected chi connectivity index (χ0v) is 35.7. The fourth-order valence-corrected chi connectivity index (χ4v) is 12.0. The van der Waals surface area contributed by atoms with Gasteiger partial charge < -0.3 is 9.80 Å². The third kappa shape index (κ3) is 5.47. The van der Waals surface area contributed by atoms with Crippen LogP contribution in [-0.2, 0) is 5.41 Å². The summed E-state index contributed by atoms with van der Waals surface area (Å²) in [6.45, 7) is 24.1. The van der Waals surface area contributed by atoms with E-state index in [1.807, 2.05) is 11.3 Å². The summed E-state index contributed by atoms with van der Waals surface area (Å²) in [5.74, 6) is 0. The summed E-state index contributed by atoms with van der Waals surface area (Å²) in [7, 11) is -3.12. The van der Waals surface area contributed by atoms with Crippen LogP contribution in [0.4, 0.5) is 34.1 Å². The third-order valence-electron chi connectivity index (χ3n) is 11.6. The van der Waals surface area contributed by atoms with Gasteiger partial charge in [0.15, 0.2) is 0 Å². The number of benzene rings is 6. The van der Waals surface area contributed by atoms with Crippen molar-refractivity contribution in [1.29, 1.82) is 0 Å². The molecule has 0 amide bonds. The van der Waals surface area contributed by atoms with Crippen molar-refractivity contribution < 1.29 is 0 Å². The van der Waals surface area contributed by atoms with E-state index in [2.05, 4.69) is 192 Å². The lowest BCUT2D eigenvalue weighted by Gasteiger charge is -2.45. The van der Waals surface area contributed by atoms with E-state index in [-0.39, 0.29) is 12.1 Å². The predicted octanol–water partition coefficient (Wildman–Crippen LogP) is 10.8. The molecule has 2 nitrogen and oxygen atoms in total. The molecule has 0 radical (unpaired) electrons. The first-order valence-corrected chi connectivity index (χ1v) is 27.0. The maximum absolute atomic E-state index is 2.63. The van der Waals surface area contributed by atoms with E-state index in [1.54, 1.807) is 0 Å². The van der Waals surface area contributed by atoms with Crippen LogP contribution in [0.25, 0.3) is 20.2 Å². The van der Waals surface area contributed by atoms with Crippen LogP contribution in [0, 0.1) is 6.92 Å². The molecule has 264 valence electrons. The zero-order chi connectivity index (χ0) is 37.2. The van der Waals surface area contributed by atoms with E-state index in [0.29, 0.717) is 0 Å². The number of thiophene rings is 1. The molecule has 0 unspecified atom stereocenters. The second-order valence-corrected chi connectivity index (χ2v) is 29.7. The van der Waals surface area contributed by atoms with Crippen LogP contribution in [-0.4, -0.2) is 22.9 Å². The van der Waals surface area contributed by atoms with Crippen molar-refractivity contribution in [3.8, 4) is 0 Å². The molecule has 3 heterocycles. The summed E-state index contributed by atoms with van der Waals surface area (Å²) < 4.78 is 2.68. The maximum Gasteiger partial charge on any atom is 0.252 e. The highest BCUT2D eigenvalue weighted by Crippen LogP contribution is 2.49. The van der Waals surface area contributed by atoms with Gasteiger partial charge in [-0.05, 0) is 88.9 Å². The van der Waals surface area contributed by atoms with E-state index in [0.717, 1.165) is 0 Å². The molecule has 0 bridgehead atoms. The number of rotatable bonds is 4. The van der Waals surface area contributed by atoms with Gasteiger partial charge in [0, 0.05) is 48.6 Å². The number of fused-ring (bicyclic) bond motifs is 8. The van der Waals surface area contributed by atoms with Gasteiger partial charge in [-0.3, -0.25) is 0 Å². The fraction of sp³-hybridized carbons (Fsp3) is 0.234. The molecule has 2 aliphatic rings. The van der Waals surface area contributed by atoms with Crippen LogP contribution >= 0.6 is 11.3 Å². The Morgan fingerprint density at radius 1 is 0.566 bits per heavy atom. The largest absolute Gasteiger partial charge is 0.311 e. The lowest BCUT2D eigenvalue weighted by Crippen LogP contribution is -2.62. The smallest absolute Gasteiger partial charge is 0.252 e. The fourth-order valence-electron chi connectivity index (χ4n) is 8.55. The first-order valence-electron chi connectivity index (χ1n) is 19.1.